The summed E-state index contributed by atoms with van der Waals surface area (Å²) in [6, 6.07) is 8.47. The van der Waals surface area contributed by atoms with E-state index in [0.717, 1.165) is 23.5 Å². The number of aromatic hydroxyl groups is 1. The van der Waals surface area contributed by atoms with E-state index in [9.17, 15) is 5.11 Å². The molecule has 0 radical (unpaired) electrons. The van der Waals surface area contributed by atoms with Crippen molar-refractivity contribution in [3.8, 4) is 5.88 Å². The molecule has 3 heterocycles. The second-order valence-corrected chi connectivity index (χ2v) is 6.71. The van der Waals surface area contributed by atoms with Crippen molar-refractivity contribution >= 4 is 16.3 Å². The van der Waals surface area contributed by atoms with E-state index < -0.39 is 0 Å². The van der Waals surface area contributed by atoms with Gasteiger partial charge in [0.15, 0.2) is 0 Å². The van der Waals surface area contributed by atoms with Crippen LogP contribution >= 0.6 is 11.3 Å². The molecule has 7 heteroatoms. The first-order chi connectivity index (χ1) is 11.2. The predicted molar refractivity (Wildman–Crippen MR) is 87.9 cm³/mol. The number of morpholine rings is 1. The summed E-state index contributed by atoms with van der Waals surface area (Å²) in [7, 11) is 0. The fourth-order valence-corrected chi connectivity index (χ4v) is 4.08. The van der Waals surface area contributed by atoms with Gasteiger partial charge in [-0.3, -0.25) is 4.90 Å². The maximum absolute atomic E-state index is 10.6. The molecule has 23 heavy (non-hydrogen) atoms. The molecular formula is C16H18N4O2S. The summed E-state index contributed by atoms with van der Waals surface area (Å²) < 4.78 is 6.99. The van der Waals surface area contributed by atoms with E-state index in [-0.39, 0.29) is 11.9 Å². The molecule has 0 unspecified atom stereocenters. The number of aryl methyl sites for hydroxylation is 1. The monoisotopic (exact) mass is 330 g/mol. The lowest BCUT2D eigenvalue weighted by atomic mass is 10.0. The first-order valence-corrected chi connectivity index (χ1v) is 8.45. The Balaban J connectivity index is 1.81. The van der Waals surface area contributed by atoms with Crippen LogP contribution in [0.5, 0.6) is 5.88 Å². The van der Waals surface area contributed by atoms with Gasteiger partial charge in [0.05, 0.1) is 24.1 Å². The van der Waals surface area contributed by atoms with Crippen LogP contribution < -0.4 is 0 Å². The van der Waals surface area contributed by atoms with Gasteiger partial charge in [-0.15, -0.1) is 0 Å². The third-order valence-electron chi connectivity index (χ3n) is 4.19. The average molecular weight is 330 g/mol. The molecule has 1 saturated heterocycles. The van der Waals surface area contributed by atoms with Gasteiger partial charge in [-0.05, 0) is 12.5 Å². The normalized spacial score (nSPS) is 17.6. The SMILES string of the molecule is Cc1ccc([C@H](c2sc3ncnn3c2O)N2CCOCC2)cc1. The lowest BCUT2D eigenvalue weighted by Crippen LogP contribution is -2.39. The van der Waals surface area contributed by atoms with Gasteiger partial charge in [0.2, 0.25) is 10.8 Å². The number of ether oxygens (including phenoxy) is 1. The van der Waals surface area contributed by atoms with Gasteiger partial charge in [0.25, 0.3) is 0 Å². The third kappa shape index (κ3) is 2.60. The number of benzene rings is 1. The van der Waals surface area contributed by atoms with Gasteiger partial charge in [0.1, 0.15) is 6.33 Å². The van der Waals surface area contributed by atoms with Gasteiger partial charge >= 0.3 is 0 Å². The Morgan fingerprint density at radius 3 is 2.65 bits per heavy atom. The smallest absolute Gasteiger partial charge is 0.230 e. The minimum atomic E-state index is -0.00648. The van der Waals surface area contributed by atoms with E-state index >= 15 is 0 Å². The highest BCUT2D eigenvalue weighted by molar-refractivity contribution is 7.17. The molecule has 1 atom stereocenters. The van der Waals surface area contributed by atoms with Crippen molar-refractivity contribution in [2.75, 3.05) is 26.3 Å². The summed E-state index contributed by atoms with van der Waals surface area (Å²) in [4.78, 5) is 8.14. The topological polar surface area (TPSA) is 62.9 Å². The minimum Gasteiger partial charge on any atom is -0.492 e. The van der Waals surface area contributed by atoms with Crippen LogP contribution in [-0.4, -0.2) is 50.9 Å². The van der Waals surface area contributed by atoms with E-state index in [2.05, 4.69) is 46.2 Å². The molecule has 6 nitrogen and oxygen atoms in total. The predicted octanol–water partition coefficient (Wildman–Crippen LogP) is 2.23. The van der Waals surface area contributed by atoms with Crippen LogP contribution in [0.4, 0.5) is 0 Å². The van der Waals surface area contributed by atoms with Gasteiger partial charge < -0.3 is 9.84 Å². The fraction of sp³-hybridized carbons (Fsp3) is 0.375. The van der Waals surface area contributed by atoms with Crippen LogP contribution in [-0.2, 0) is 4.74 Å². The van der Waals surface area contributed by atoms with Crippen LogP contribution in [0.15, 0.2) is 30.6 Å². The molecular weight excluding hydrogens is 312 g/mol. The summed E-state index contributed by atoms with van der Waals surface area (Å²) in [6.45, 7) is 5.18. The van der Waals surface area contributed by atoms with Crippen LogP contribution in [0.25, 0.3) is 4.96 Å². The molecule has 1 aromatic carbocycles. The van der Waals surface area contributed by atoms with E-state index in [1.165, 1.54) is 27.7 Å². The standard InChI is InChI=1S/C16H18N4O2S/c1-11-2-4-12(5-3-11)13(19-6-8-22-9-7-19)14-15(21)20-16(23-14)17-10-18-20/h2-5,10,13,21H,6-9H2,1H3/t13-/m1/s1. The average Bonchev–Trinajstić information content (AvgIpc) is 3.15. The second-order valence-electron chi connectivity index (χ2n) is 5.71. The second kappa shape index (κ2) is 5.92. The summed E-state index contributed by atoms with van der Waals surface area (Å²) in [6.07, 6.45) is 1.46. The molecule has 1 aliphatic rings. The first kappa shape index (κ1) is 14.6. The first-order valence-electron chi connectivity index (χ1n) is 7.64. The molecule has 1 aliphatic heterocycles. The zero-order valence-corrected chi connectivity index (χ0v) is 13.7. The lowest BCUT2D eigenvalue weighted by molar-refractivity contribution is 0.0241. The molecule has 120 valence electrons. The molecule has 0 bridgehead atoms. The van der Waals surface area contributed by atoms with Gasteiger partial charge in [-0.2, -0.15) is 9.61 Å². The highest BCUT2D eigenvalue weighted by Gasteiger charge is 2.30. The van der Waals surface area contributed by atoms with Crippen molar-refractivity contribution in [2.45, 2.75) is 13.0 Å². The molecule has 0 spiro atoms. The quantitative estimate of drug-likeness (QED) is 0.798. The van der Waals surface area contributed by atoms with Crippen molar-refractivity contribution < 1.29 is 9.84 Å². The molecule has 4 rings (SSSR count). The van der Waals surface area contributed by atoms with Crippen LogP contribution in [0.1, 0.15) is 22.0 Å². The Labute approximate surface area is 138 Å². The van der Waals surface area contributed by atoms with E-state index in [0.29, 0.717) is 18.2 Å². The van der Waals surface area contributed by atoms with Gasteiger partial charge in [-0.1, -0.05) is 41.2 Å². The molecule has 3 aromatic rings. The lowest BCUT2D eigenvalue weighted by Gasteiger charge is -2.34. The van der Waals surface area contributed by atoms with E-state index in [4.69, 9.17) is 4.74 Å². The maximum Gasteiger partial charge on any atom is 0.230 e. The van der Waals surface area contributed by atoms with Crippen LogP contribution in [0.3, 0.4) is 0 Å². The summed E-state index contributed by atoms with van der Waals surface area (Å²) >= 11 is 1.49. The number of fused-ring (bicyclic) bond motifs is 1. The fourth-order valence-electron chi connectivity index (χ4n) is 2.98. The molecule has 1 N–H and O–H groups in total. The Bertz CT molecular complexity index is 805. The number of thiazole rings is 1. The Morgan fingerprint density at radius 1 is 1.22 bits per heavy atom. The number of hydrogen-bond donors (Lipinski definition) is 1. The summed E-state index contributed by atoms with van der Waals surface area (Å²) in [5, 5.41) is 14.7. The number of hydrogen-bond acceptors (Lipinski definition) is 6. The largest absolute Gasteiger partial charge is 0.492 e. The highest BCUT2D eigenvalue weighted by atomic mass is 32.1. The minimum absolute atomic E-state index is 0.00648. The number of rotatable bonds is 3. The Morgan fingerprint density at radius 2 is 1.96 bits per heavy atom. The van der Waals surface area contributed by atoms with E-state index in [1.54, 1.807) is 0 Å². The Hall–Kier alpha value is -1.96. The zero-order chi connectivity index (χ0) is 15.8. The van der Waals surface area contributed by atoms with Crippen molar-refractivity contribution in [2.24, 2.45) is 0 Å². The highest BCUT2D eigenvalue weighted by Crippen LogP contribution is 2.39. The van der Waals surface area contributed by atoms with Crippen molar-refractivity contribution in [3.63, 3.8) is 0 Å². The molecule has 1 fully saturated rings. The van der Waals surface area contributed by atoms with Crippen molar-refractivity contribution in [3.05, 3.63) is 46.6 Å². The van der Waals surface area contributed by atoms with Gasteiger partial charge in [-0.25, -0.2) is 4.98 Å². The summed E-state index contributed by atoms with van der Waals surface area (Å²) in [5.74, 6) is 0.180. The Kier molecular flexibility index (Phi) is 3.76. The van der Waals surface area contributed by atoms with Crippen molar-refractivity contribution in [1.82, 2.24) is 19.5 Å². The molecule has 0 amide bonds. The number of aromatic nitrogens is 3. The van der Waals surface area contributed by atoms with E-state index in [1.807, 2.05) is 0 Å². The zero-order valence-electron chi connectivity index (χ0n) is 12.8. The van der Waals surface area contributed by atoms with Gasteiger partial charge in [0, 0.05) is 13.1 Å². The van der Waals surface area contributed by atoms with Crippen LogP contribution in [0.2, 0.25) is 0 Å². The van der Waals surface area contributed by atoms with Crippen LogP contribution in [0, 0.1) is 6.92 Å². The molecule has 0 saturated carbocycles. The number of nitrogens with zero attached hydrogens (tertiary/aromatic N) is 4. The third-order valence-corrected chi connectivity index (χ3v) is 5.28. The summed E-state index contributed by atoms with van der Waals surface area (Å²) in [5.41, 5.74) is 2.39. The molecule has 0 aliphatic carbocycles. The van der Waals surface area contributed by atoms with Crippen molar-refractivity contribution in [1.29, 1.82) is 0 Å². The maximum atomic E-state index is 10.6. The molecule has 2 aromatic heterocycles.